The molecule has 0 N–H and O–H groups in total. The van der Waals surface area contributed by atoms with Gasteiger partial charge in [-0.15, -0.1) is 0 Å². The van der Waals surface area contributed by atoms with Crippen LogP contribution in [0.3, 0.4) is 0 Å². The van der Waals surface area contributed by atoms with Gasteiger partial charge in [-0.25, -0.2) is 0 Å². The van der Waals surface area contributed by atoms with Crippen LogP contribution in [-0.4, -0.2) is 15.0 Å². The monoisotopic (exact) mass is 238 g/mol. The molecule has 86 valence electrons. The second-order valence-corrected chi connectivity index (χ2v) is 6.39. The Bertz CT molecular complexity index is 496. The molecule has 0 amide bonds. The number of benzene rings is 1. The van der Waals surface area contributed by atoms with Gasteiger partial charge in [0.2, 0.25) is 0 Å². The Morgan fingerprint density at radius 2 is 1.88 bits per heavy atom. The van der Waals surface area contributed by atoms with E-state index in [9.17, 15) is 8.42 Å². The van der Waals surface area contributed by atoms with Crippen molar-refractivity contribution in [2.24, 2.45) is 17.8 Å². The van der Waals surface area contributed by atoms with E-state index in [1.165, 1.54) is 6.42 Å². The van der Waals surface area contributed by atoms with Crippen molar-refractivity contribution in [1.82, 2.24) is 0 Å². The largest absolute Gasteiger partial charge is 0.296 e. The summed E-state index contributed by atoms with van der Waals surface area (Å²) in [6, 6.07) is 6.76. The molecule has 0 spiro atoms. The first-order valence-corrected chi connectivity index (χ1v) is 6.95. The molecule has 2 fully saturated rings. The number of rotatable bonds is 4. The molecule has 2 saturated carbocycles. The van der Waals surface area contributed by atoms with Gasteiger partial charge < -0.3 is 0 Å². The van der Waals surface area contributed by atoms with Gasteiger partial charge in [-0.05, 0) is 43.2 Å². The molecule has 0 radical (unpaired) electrons. The molecular weight excluding hydrogens is 224 g/mol. The highest BCUT2D eigenvalue weighted by atomic mass is 32.2. The van der Waals surface area contributed by atoms with Crippen LogP contribution in [0.1, 0.15) is 12.0 Å². The van der Waals surface area contributed by atoms with Crippen molar-refractivity contribution in [2.45, 2.75) is 18.2 Å². The van der Waals surface area contributed by atoms with Gasteiger partial charge in [0, 0.05) is 0 Å². The van der Waals surface area contributed by atoms with Crippen molar-refractivity contribution in [1.29, 1.82) is 0 Å². The summed E-state index contributed by atoms with van der Waals surface area (Å²) in [4.78, 5) is 0.257. The van der Waals surface area contributed by atoms with Crippen molar-refractivity contribution in [3.05, 3.63) is 29.8 Å². The molecule has 0 aromatic heterocycles. The summed E-state index contributed by atoms with van der Waals surface area (Å²) in [7, 11) is -3.53. The van der Waals surface area contributed by atoms with E-state index in [0.29, 0.717) is 12.5 Å². The minimum absolute atomic E-state index is 0.257. The van der Waals surface area contributed by atoms with Gasteiger partial charge in [0.25, 0.3) is 10.1 Å². The molecule has 0 bridgehead atoms. The standard InChI is InChI=1S/C12H14O3S/c1-8-2-4-9(5-3-8)16(13,14)15-7-12-10-6-11(10)12/h2-5,10-12H,6-7H2,1H3/t10-,11+,12?. The van der Waals surface area contributed by atoms with E-state index < -0.39 is 10.1 Å². The summed E-state index contributed by atoms with van der Waals surface area (Å²) < 4.78 is 28.6. The summed E-state index contributed by atoms with van der Waals surface area (Å²) in [6.45, 7) is 2.29. The van der Waals surface area contributed by atoms with Crippen LogP contribution < -0.4 is 0 Å². The summed E-state index contributed by atoms with van der Waals surface area (Å²) in [5, 5.41) is 0. The van der Waals surface area contributed by atoms with E-state index in [0.717, 1.165) is 17.4 Å². The topological polar surface area (TPSA) is 43.4 Å². The van der Waals surface area contributed by atoms with Crippen molar-refractivity contribution in [3.63, 3.8) is 0 Å². The molecule has 3 rings (SSSR count). The van der Waals surface area contributed by atoms with Crippen LogP contribution in [0.5, 0.6) is 0 Å². The average molecular weight is 238 g/mol. The average Bonchev–Trinajstić information content (AvgIpc) is 3.07. The summed E-state index contributed by atoms with van der Waals surface area (Å²) in [6.07, 6.45) is 1.28. The van der Waals surface area contributed by atoms with E-state index >= 15 is 0 Å². The van der Waals surface area contributed by atoms with Crippen LogP contribution in [-0.2, 0) is 14.3 Å². The molecular formula is C12H14O3S. The SMILES string of the molecule is Cc1ccc(S(=O)(=O)OCC2[C@H]3C[C@@H]23)cc1. The highest BCUT2D eigenvalue weighted by Gasteiger charge is 2.64. The Kier molecular flexibility index (Phi) is 2.13. The third-order valence-electron chi connectivity index (χ3n) is 3.58. The number of hydrogen-bond donors (Lipinski definition) is 0. The highest BCUT2D eigenvalue weighted by molar-refractivity contribution is 7.86. The van der Waals surface area contributed by atoms with Crippen LogP contribution >= 0.6 is 0 Å². The number of fused-ring (bicyclic) bond motifs is 1. The molecule has 0 heterocycles. The maximum atomic E-state index is 11.8. The first kappa shape index (κ1) is 10.3. The highest BCUT2D eigenvalue weighted by Crippen LogP contribution is 2.68. The third-order valence-corrected chi connectivity index (χ3v) is 4.87. The van der Waals surface area contributed by atoms with Crippen molar-refractivity contribution in [2.75, 3.05) is 6.61 Å². The van der Waals surface area contributed by atoms with Gasteiger partial charge in [0.05, 0.1) is 11.5 Å². The van der Waals surface area contributed by atoms with Crippen molar-refractivity contribution in [3.8, 4) is 0 Å². The van der Waals surface area contributed by atoms with Gasteiger partial charge >= 0.3 is 0 Å². The normalized spacial score (nSPS) is 30.9. The minimum Gasteiger partial charge on any atom is -0.266 e. The second kappa shape index (κ2) is 3.31. The van der Waals surface area contributed by atoms with Gasteiger partial charge in [-0.1, -0.05) is 17.7 Å². The molecule has 4 heteroatoms. The van der Waals surface area contributed by atoms with E-state index in [2.05, 4.69) is 0 Å². The van der Waals surface area contributed by atoms with E-state index in [1.54, 1.807) is 24.3 Å². The number of aryl methyl sites for hydroxylation is 1. The molecule has 2 aliphatic rings. The predicted molar refractivity (Wildman–Crippen MR) is 59.4 cm³/mol. The lowest BCUT2D eigenvalue weighted by atomic mass is 10.2. The third kappa shape index (κ3) is 1.76. The van der Waals surface area contributed by atoms with Gasteiger partial charge in [0.15, 0.2) is 0 Å². The Morgan fingerprint density at radius 1 is 1.25 bits per heavy atom. The molecule has 16 heavy (non-hydrogen) atoms. The molecule has 1 unspecified atom stereocenters. The zero-order valence-electron chi connectivity index (χ0n) is 9.09. The van der Waals surface area contributed by atoms with E-state index in [4.69, 9.17) is 4.18 Å². The molecule has 0 aliphatic heterocycles. The van der Waals surface area contributed by atoms with Crippen LogP contribution in [0.4, 0.5) is 0 Å². The molecule has 1 aromatic rings. The quantitative estimate of drug-likeness (QED) is 0.753. The van der Waals surface area contributed by atoms with Crippen LogP contribution in [0, 0.1) is 24.7 Å². The lowest BCUT2D eigenvalue weighted by molar-refractivity contribution is 0.277. The molecule has 2 aliphatic carbocycles. The smallest absolute Gasteiger partial charge is 0.266 e. The summed E-state index contributed by atoms with van der Waals surface area (Å²) in [5.74, 6) is 2.06. The second-order valence-electron chi connectivity index (χ2n) is 4.78. The minimum atomic E-state index is -3.53. The predicted octanol–water partition coefficient (Wildman–Crippen LogP) is 1.97. The lowest BCUT2D eigenvalue weighted by Crippen LogP contribution is -2.11. The zero-order chi connectivity index (χ0) is 11.3. The Hall–Kier alpha value is -0.870. The zero-order valence-corrected chi connectivity index (χ0v) is 9.91. The van der Waals surface area contributed by atoms with Gasteiger partial charge in [-0.2, -0.15) is 8.42 Å². The Morgan fingerprint density at radius 3 is 2.38 bits per heavy atom. The summed E-state index contributed by atoms with van der Waals surface area (Å²) >= 11 is 0. The maximum absolute atomic E-state index is 11.8. The maximum Gasteiger partial charge on any atom is 0.296 e. The van der Waals surface area contributed by atoms with Crippen molar-refractivity contribution < 1.29 is 12.6 Å². The van der Waals surface area contributed by atoms with Gasteiger partial charge in [-0.3, -0.25) is 4.18 Å². The van der Waals surface area contributed by atoms with Crippen molar-refractivity contribution >= 4 is 10.1 Å². The van der Waals surface area contributed by atoms with Crippen LogP contribution in [0.15, 0.2) is 29.2 Å². The molecule has 0 saturated heterocycles. The Labute approximate surface area is 95.6 Å². The first-order chi connectivity index (χ1) is 7.58. The fourth-order valence-corrected chi connectivity index (χ4v) is 3.04. The van der Waals surface area contributed by atoms with Crippen LogP contribution in [0.25, 0.3) is 0 Å². The molecule has 1 aromatic carbocycles. The van der Waals surface area contributed by atoms with Gasteiger partial charge in [0.1, 0.15) is 0 Å². The Balaban J connectivity index is 1.68. The lowest BCUT2D eigenvalue weighted by Gasteiger charge is -2.07. The first-order valence-electron chi connectivity index (χ1n) is 5.54. The fraction of sp³-hybridized carbons (Fsp3) is 0.500. The molecule has 3 atom stereocenters. The summed E-state index contributed by atoms with van der Waals surface area (Å²) in [5.41, 5.74) is 1.04. The number of hydrogen-bond acceptors (Lipinski definition) is 3. The van der Waals surface area contributed by atoms with E-state index in [-0.39, 0.29) is 4.90 Å². The fourth-order valence-electron chi connectivity index (χ4n) is 2.10. The molecule has 3 nitrogen and oxygen atoms in total. The van der Waals surface area contributed by atoms with Crippen LogP contribution in [0.2, 0.25) is 0 Å². The van der Waals surface area contributed by atoms with E-state index in [1.807, 2.05) is 6.92 Å².